The second-order valence-corrected chi connectivity index (χ2v) is 6.00. The molecule has 0 bridgehead atoms. The SMILES string of the molecule is COC(=O)C[C@H]1C(=O)NCCN1CC(=O)Nc1ccc(C)cc1Cl. The first kappa shape index (κ1) is 18.2. The second-order valence-electron chi connectivity index (χ2n) is 5.59. The highest BCUT2D eigenvalue weighted by Gasteiger charge is 2.33. The van der Waals surface area contributed by atoms with Crippen LogP contribution in [0.25, 0.3) is 0 Å². The minimum atomic E-state index is -0.717. The monoisotopic (exact) mass is 353 g/mol. The van der Waals surface area contributed by atoms with E-state index in [4.69, 9.17) is 11.6 Å². The van der Waals surface area contributed by atoms with Crippen LogP contribution in [0.5, 0.6) is 0 Å². The number of hydrogen-bond donors (Lipinski definition) is 2. The number of piperazine rings is 1. The Morgan fingerprint density at radius 3 is 2.88 bits per heavy atom. The van der Waals surface area contributed by atoms with Crippen molar-refractivity contribution in [1.82, 2.24) is 10.2 Å². The molecule has 0 aliphatic carbocycles. The molecule has 1 heterocycles. The zero-order chi connectivity index (χ0) is 17.7. The fourth-order valence-corrected chi connectivity index (χ4v) is 2.79. The summed E-state index contributed by atoms with van der Waals surface area (Å²) in [5, 5.41) is 5.87. The zero-order valence-corrected chi connectivity index (χ0v) is 14.4. The first-order valence-corrected chi connectivity index (χ1v) is 7.93. The molecule has 0 spiro atoms. The number of rotatable bonds is 5. The summed E-state index contributed by atoms with van der Waals surface area (Å²) in [6.07, 6.45) is -0.0963. The summed E-state index contributed by atoms with van der Waals surface area (Å²) in [4.78, 5) is 37.4. The summed E-state index contributed by atoms with van der Waals surface area (Å²) in [5.74, 6) is -1.08. The van der Waals surface area contributed by atoms with Crippen molar-refractivity contribution in [2.75, 3.05) is 32.1 Å². The molecule has 0 radical (unpaired) electrons. The van der Waals surface area contributed by atoms with Crippen molar-refractivity contribution in [3.05, 3.63) is 28.8 Å². The molecule has 1 aromatic rings. The largest absolute Gasteiger partial charge is 0.469 e. The van der Waals surface area contributed by atoms with Crippen LogP contribution in [0, 0.1) is 6.92 Å². The van der Waals surface area contributed by atoms with Gasteiger partial charge in [-0.25, -0.2) is 0 Å². The van der Waals surface area contributed by atoms with E-state index in [9.17, 15) is 14.4 Å². The molecule has 1 saturated heterocycles. The van der Waals surface area contributed by atoms with Gasteiger partial charge in [0.25, 0.3) is 0 Å². The molecule has 1 aromatic carbocycles. The quantitative estimate of drug-likeness (QED) is 0.769. The summed E-state index contributed by atoms with van der Waals surface area (Å²) in [5.41, 5.74) is 1.50. The van der Waals surface area contributed by atoms with E-state index in [0.29, 0.717) is 23.8 Å². The predicted molar refractivity (Wildman–Crippen MR) is 89.8 cm³/mol. The van der Waals surface area contributed by atoms with E-state index >= 15 is 0 Å². The van der Waals surface area contributed by atoms with Crippen LogP contribution in [-0.4, -0.2) is 55.5 Å². The number of methoxy groups -OCH3 is 1. The molecule has 2 rings (SSSR count). The summed E-state index contributed by atoms with van der Waals surface area (Å²) in [6, 6.07) is 4.61. The normalized spacial score (nSPS) is 18.0. The van der Waals surface area contributed by atoms with Crippen molar-refractivity contribution in [2.24, 2.45) is 0 Å². The summed E-state index contributed by atoms with van der Waals surface area (Å²) < 4.78 is 4.61. The van der Waals surface area contributed by atoms with E-state index in [1.807, 2.05) is 13.0 Å². The van der Waals surface area contributed by atoms with E-state index in [-0.39, 0.29) is 24.8 Å². The number of esters is 1. The molecule has 0 unspecified atom stereocenters. The maximum Gasteiger partial charge on any atom is 0.307 e. The van der Waals surface area contributed by atoms with E-state index in [1.54, 1.807) is 17.0 Å². The Kier molecular flexibility index (Phi) is 6.16. The number of benzene rings is 1. The molecule has 24 heavy (non-hydrogen) atoms. The van der Waals surface area contributed by atoms with Crippen LogP contribution in [0.2, 0.25) is 5.02 Å². The van der Waals surface area contributed by atoms with Crippen molar-refractivity contribution in [1.29, 1.82) is 0 Å². The fraction of sp³-hybridized carbons (Fsp3) is 0.438. The summed E-state index contributed by atoms with van der Waals surface area (Å²) >= 11 is 6.10. The van der Waals surface area contributed by atoms with Gasteiger partial charge < -0.3 is 15.4 Å². The summed E-state index contributed by atoms with van der Waals surface area (Å²) in [6.45, 7) is 2.79. The van der Waals surface area contributed by atoms with Crippen molar-refractivity contribution in [3.8, 4) is 0 Å². The smallest absolute Gasteiger partial charge is 0.307 e. The van der Waals surface area contributed by atoms with Crippen LogP contribution in [-0.2, 0) is 19.1 Å². The Bertz CT molecular complexity index is 650. The lowest BCUT2D eigenvalue weighted by Crippen LogP contribution is -2.57. The van der Waals surface area contributed by atoms with Gasteiger partial charge in [-0.15, -0.1) is 0 Å². The lowest BCUT2D eigenvalue weighted by atomic mass is 10.1. The maximum atomic E-state index is 12.3. The van der Waals surface area contributed by atoms with Gasteiger partial charge in [-0.3, -0.25) is 19.3 Å². The van der Waals surface area contributed by atoms with Gasteiger partial charge >= 0.3 is 5.97 Å². The van der Waals surface area contributed by atoms with Crippen LogP contribution in [0.3, 0.4) is 0 Å². The van der Waals surface area contributed by atoms with Crippen molar-refractivity contribution in [2.45, 2.75) is 19.4 Å². The van der Waals surface area contributed by atoms with Crippen LogP contribution >= 0.6 is 11.6 Å². The minimum absolute atomic E-state index is 0.0146. The number of nitrogens with zero attached hydrogens (tertiary/aromatic N) is 1. The third-order valence-corrected chi connectivity index (χ3v) is 4.09. The lowest BCUT2D eigenvalue weighted by molar-refractivity contribution is -0.146. The first-order valence-electron chi connectivity index (χ1n) is 7.55. The number of carbonyl (C=O) groups excluding carboxylic acids is 3. The van der Waals surface area contributed by atoms with Gasteiger partial charge in [0, 0.05) is 13.1 Å². The van der Waals surface area contributed by atoms with Crippen LogP contribution in [0.15, 0.2) is 18.2 Å². The molecule has 0 aromatic heterocycles. The van der Waals surface area contributed by atoms with E-state index in [2.05, 4.69) is 15.4 Å². The third kappa shape index (κ3) is 4.69. The Labute approximate surface area is 145 Å². The number of halogens is 1. The predicted octanol–water partition coefficient (Wildman–Crippen LogP) is 0.950. The Morgan fingerprint density at radius 1 is 1.46 bits per heavy atom. The highest BCUT2D eigenvalue weighted by atomic mass is 35.5. The van der Waals surface area contributed by atoms with Crippen LogP contribution in [0.1, 0.15) is 12.0 Å². The van der Waals surface area contributed by atoms with E-state index in [1.165, 1.54) is 7.11 Å². The van der Waals surface area contributed by atoms with E-state index in [0.717, 1.165) is 5.56 Å². The van der Waals surface area contributed by atoms with Crippen molar-refractivity contribution in [3.63, 3.8) is 0 Å². The van der Waals surface area contributed by atoms with Crippen molar-refractivity contribution < 1.29 is 19.1 Å². The van der Waals surface area contributed by atoms with Gasteiger partial charge in [0.15, 0.2) is 0 Å². The number of amides is 2. The van der Waals surface area contributed by atoms with E-state index < -0.39 is 12.0 Å². The highest BCUT2D eigenvalue weighted by Crippen LogP contribution is 2.22. The van der Waals surface area contributed by atoms with Gasteiger partial charge in [0.2, 0.25) is 11.8 Å². The number of anilines is 1. The van der Waals surface area contributed by atoms with Gasteiger partial charge in [-0.2, -0.15) is 0 Å². The molecule has 2 N–H and O–H groups in total. The minimum Gasteiger partial charge on any atom is -0.469 e. The molecule has 7 nitrogen and oxygen atoms in total. The molecule has 1 atom stereocenters. The Hall–Kier alpha value is -2.12. The molecule has 2 amide bonds. The van der Waals surface area contributed by atoms with Gasteiger partial charge in [0.05, 0.1) is 30.8 Å². The van der Waals surface area contributed by atoms with Crippen molar-refractivity contribution >= 4 is 35.1 Å². The number of nitrogens with one attached hydrogen (secondary N) is 2. The van der Waals surface area contributed by atoms with Gasteiger partial charge in [-0.05, 0) is 24.6 Å². The number of aryl methyl sites for hydroxylation is 1. The molecule has 0 saturated carbocycles. The average molecular weight is 354 g/mol. The number of hydrogen-bond acceptors (Lipinski definition) is 5. The van der Waals surface area contributed by atoms with Gasteiger partial charge in [0.1, 0.15) is 6.04 Å². The Morgan fingerprint density at radius 2 is 2.21 bits per heavy atom. The standard InChI is InChI=1S/C16H20ClN3O4/c1-10-3-4-12(11(17)7-10)19-14(21)9-20-6-5-18-16(23)13(20)8-15(22)24-2/h3-4,7,13H,5-6,8-9H2,1-2H3,(H,18,23)(H,19,21)/t13-/m0/s1. The maximum absolute atomic E-state index is 12.3. The molecule has 130 valence electrons. The number of ether oxygens (including phenoxy) is 1. The van der Waals surface area contributed by atoms with Gasteiger partial charge in [-0.1, -0.05) is 17.7 Å². The summed E-state index contributed by atoms with van der Waals surface area (Å²) in [7, 11) is 1.26. The topological polar surface area (TPSA) is 87.7 Å². The lowest BCUT2D eigenvalue weighted by Gasteiger charge is -2.33. The molecule has 1 fully saturated rings. The second kappa shape index (κ2) is 8.12. The molecule has 1 aliphatic heterocycles. The fourth-order valence-electron chi connectivity index (χ4n) is 2.51. The first-order chi connectivity index (χ1) is 11.4. The highest BCUT2D eigenvalue weighted by molar-refractivity contribution is 6.33. The molecule has 8 heteroatoms. The Balaban J connectivity index is 2.02. The number of carbonyl (C=O) groups is 3. The molecule has 1 aliphatic rings. The molecular formula is C16H20ClN3O4. The molecular weight excluding hydrogens is 334 g/mol. The third-order valence-electron chi connectivity index (χ3n) is 3.77. The van der Waals surface area contributed by atoms with Crippen LogP contribution in [0.4, 0.5) is 5.69 Å². The average Bonchev–Trinajstić information content (AvgIpc) is 2.53. The zero-order valence-electron chi connectivity index (χ0n) is 13.6. The van der Waals surface area contributed by atoms with Crippen LogP contribution < -0.4 is 10.6 Å².